The van der Waals surface area contributed by atoms with Crippen molar-refractivity contribution in [3.05, 3.63) is 206 Å². The summed E-state index contributed by atoms with van der Waals surface area (Å²) in [7, 11) is 0. The van der Waals surface area contributed by atoms with Crippen molar-refractivity contribution in [2.24, 2.45) is 0 Å². The maximum Gasteiger partial charge on any atom is 0.164 e. The molecule has 0 aliphatic carbocycles. The van der Waals surface area contributed by atoms with E-state index >= 15 is 0 Å². The zero-order valence-corrected chi connectivity index (χ0v) is 32.3. The second-order valence-corrected chi connectivity index (χ2v) is 14.7. The van der Waals surface area contributed by atoms with Crippen LogP contribution in [0.15, 0.2) is 206 Å². The molecule has 6 heteroatoms. The van der Waals surface area contributed by atoms with Gasteiger partial charge in [-0.05, 0) is 47.0 Å². The fourth-order valence-electron chi connectivity index (χ4n) is 7.98. The van der Waals surface area contributed by atoms with Gasteiger partial charge in [-0.15, -0.1) is 0 Å². The van der Waals surface area contributed by atoms with Crippen LogP contribution in [0.25, 0.3) is 112 Å². The smallest absolute Gasteiger partial charge is 0.164 e. The molecule has 4 aromatic heterocycles. The number of nitrogens with zero attached hydrogens (tertiary/aromatic N) is 6. The van der Waals surface area contributed by atoms with Gasteiger partial charge in [0.25, 0.3) is 0 Å². The van der Waals surface area contributed by atoms with E-state index in [0.29, 0.717) is 17.5 Å². The van der Waals surface area contributed by atoms with Gasteiger partial charge in [0, 0.05) is 55.7 Å². The maximum atomic E-state index is 5.31. The van der Waals surface area contributed by atoms with Gasteiger partial charge in [-0.25, -0.2) is 24.9 Å². The first-order valence-electron chi connectivity index (χ1n) is 19.9. The number of benzene rings is 7. The SMILES string of the molecule is c1ccc(-c2ccc3ccc4c(-c5cccc(-c6nc(-c7ccccc7)nc(-c7cccc(-c8cccc9cccnc89)c7)n6)c5)cc(-c5ccccc5)nc4c3n2)cc1. The summed E-state index contributed by atoms with van der Waals surface area (Å²) < 4.78 is 0. The molecule has 0 N–H and O–H groups in total. The maximum absolute atomic E-state index is 5.31. The molecule has 0 saturated heterocycles. The van der Waals surface area contributed by atoms with Gasteiger partial charge in [0.05, 0.1) is 27.9 Å². The molecule has 0 aliphatic heterocycles. The van der Waals surface area contributed by atoms with Crippen LogP contribution in [0.4, 0.5) is 0 Å². The lowest BCUT2D eigenvalue weighted by molar-refractivity contribution is 1.07. The molecule has 11 aromatic rings. The number of rotatable bonds is 7. The van der Waals surface area contributed by atoms with Crippen LogP contribution in [-0.4, -0.2) is 29.9 Å². The van der Waals surface area contributed by atoms with E-state index in [4.69, 9.17) is 29.9 Å². The second-order valence-electron chi connectivity index (χ2n) is 14.7. The van der Waals surface area contributed by atoms with Crippen LogP contribution in [0.1, 0.15) is 0 Å². The van der Waals surface area contributed by atoms with E-state index in [1.165, 1.54) is 0 Å². The second kappa shape index (κ2) is 14.9. The van der Waals surface area contributed by atoms with Crippen molar-refractivity contribution in [3.8, 4) is 78.9 Å². The van der Waals surface area contributed by atoms with E-state index < -0.39 is 0 Å². The number of hydrogen-bond donors (Lipinski definition) is 0. The minimum atomic E-state index is 0.583. The first kappa shape index (κ1) is 35.0. The van der Waals surface area contributed by atoms with E-state index in [2.05, 4.69) is 127 Å². The fraction of sp³-hybridized carbons (Fsp3) is 0. The molecule has 0 unspecified atom stereocenters. The molecule has 60 heavy (non-hydrogen) atoms. The molecular weight excluding hydrogens is 733 g/mol. The van der Waals surface area contributed by atoms with Gasteiger partial charge in [0.2, 0.25) is 0 Å². The van der Waals surface area contributed by atoms with Gasteiger partial charge >= 0.3 is 0 Å². The van der Waals surface area contributed by atoms with E-state index in [1.54, 1.807) is 0 Å². The number of pyridine rings is 3. The van der Waals surface area contributed by atoms with E-state index in [-0.39, 0.29) is 0 Å². The van der Waals surface area contributed by atoms with E-state index in [1.807, 2.05) is 79.0 Å². The average molecular weight is 767 g/mol. The highest BCUT2D eigenvalue weighted by Crippen LogP contribution is 2.38. The average Bonchev–Trinajstić information content (AvgIpc) is 3.34. The molecule has 280 valence electrons. The molecule has 0 bridgehead atoms. The predicted molar refractivity (Wildman–Crippen MR) is 244 cm³/mol. The van der Waals surface area contributed by atoms with Crippen molar-refractivity contribution in [2.45, 2.75) is 0 Å². The van der Waals surface area contributed by atoms with Crippen LogP contribution in [0, 0.1) is 0 Å². The van der Waals surface area contributed by atoms with Crippen LogP contribution < -0.4 is 0 Å². The summed E-state index contributed by atoms with van der Waals surface area (Å²) in [5, 5.41) is 3.14. The molecule has 0 atom stereocenters. The van der Waals surface area contributed by atoms with Crippen molar-refractivity contribution < 1.29 is 0 Å². The lowest BCUT2D eigenvalue weighted by Crippen LogP contribution is -2.00. The minimum absolute atomic E-state index is 0.583. The summed E-state index contributed by atoms with van der Waals surface area (Å²) in [4.78, 5) is 30.6. The molecule has 0 radical (unpaired) electrons. The van der Waals surface area contributed by atoms with Gasteiger partial charge in [0.1, 0.15) is 0 Å². The zero-order chi connectivity index (χ0) is 39.8. The van der Waals surface area contributed by atoms with Crippen molar-refractivity contribution in [2.75, 3.05) is 0 Å². The number of para-hydroxylation sites is 1. The van der Waals surface area contributed by atoms with E-state index in [9.17, 15) is 0 Å². The molecule has 4 heterocycles. The van der Waals surface area contributed by atoms with Crippen LogP contribution in [0.5, 0.6) is 0 Å². The Labute approximate surface area is 346 Å². The largest absolute Gasteiger partial charge is 0.256 e. The summed E-state index contributed by atoms with van der Waals surface area (Å²) in [5.41, 5.74) is 13.4. The summed E-state index contributed by atoms with van der Waals surface area (Å²) in [6.07, 6.45) is 1.84. The Morgan fingerprint density at radius 2 is 0.767 bits per heavy atom. The molecule has 0 fully saturated rings. The van der Waals surface area contributed by atoms with Gasteiger partial charge in [-0.3, -0.25) is 4.98 Å². The predicted octanol–water partition coefficient (Wildman–Crippen LogP) is 13.2. The molecule has 0 aliphatic rings. The van der Waals surface area contributed by atoms with Gasteiger partial charge < -0.3 is 0 Å². The van der Waals surface area contributed by atoms with Gasteiger partial charge in [0.15, 0.2) is 17.5 Å². The first-order chi connectivity index (χ1) is 29.7. The standard InChI is InChI=1S/C54H34N6/c1-4-14-35(15-5-1)47-30-28-38-27-29-45-46(34-48(36-16-6-2-7-17-36)57-51(45)50(38)56-47)41-22-11-24-43(33-41)54-59-52(39-18-8-3-9-19-39)58-53(60-54)42-23-10-21-40(32-42)44-26-12-20-37-25-13-31-55-49(37)44/h1-34H. The Morgan fingerprint density at radius 1 is 0.267 bits per heavy atom. The van der Waals surface area contributed by atoms with Crippen LogP contribution in [0.2, 0.25) is 0 Å². The molecule has 0 spiro atoms. The highest BCUT2D eigenvalue weighted by atomic mass is 15.0. The van der Waals surface area contributed by atoms with Crippen LogP contribution >= 0.6 is 0 Å². The zero-order valence-electron chi connectivity index (χ0n) is 32.3. The number of hydrogen-bond acceptors (Lipinski definition) is 6. The number of aromatic nitrogens is 6. The van der Waals surface area contributed by atoms with Crippen molar-refractivity contribution >= 4 is 32.7 Å². The topological polar surface area (TPSA) is 77.3 Å². The summed E-state index contributed by atoms with van der Waals surface area (Å²) in [6, 6.07) is 68.6. The van der Waals surface area contributed by atoms with Crippen molar-refractivity contribution in [3.63, 3.8) is 0 Å². The normalized spacial score (nSPS) is 11.3. The number of fused-ring (bicyclic) bond motifs is 4. The van der Waals surface area contributed by atoms with E-state index in [0.717, 1.165) is 94.2 Å². The Balaban J connectivity index is 1.08. The Kier molecular flexibility index (Phi) is 8.71. The molecule has 7 aromatic carbocycles. The lowest BCUT2D eigenvalue weighted by atomic mass is 9.95. The highest BCUT2D eigenvalue weighted by Gasteiger charge is 2.17. The molecule has 11 rings (SSSR count). The summed E-state index contributed by atoms with van der Waals surface area (Å²) in [5.74, 6) is 1.77. The van der Waals surface area contributed by atoms with Gasteiger partial charge in [-0.1, -0.05) is 170 Å². The molecule has 0 saturated carbocycles. The summed E-state index contributed by atoms with van der Waals surface area (Å²) >= 11 is 0. The van der Waals surface area contributed by atoms with Crippen LogP contribution in [0.3, 0.4) is 0 Å². The highest BCUT2D eigenvalue weighted by molar-refractivity contribution is 6.10. The monoisotopic (exact) mass is 766 g/mol. The molecular formula is C54H34N6. The fourth-order valence-corrected chi connectivity index (χ4v) is 7.98. The Bertz CT molecular complexity index is 3360. The lowest BCUT2D eigenvalue weighted by Gasteiger charge is -2.14. The quantitative estimate of drug-likeness (QED) is 0.150. The van der Waals surface area contributed by atoms with Crippen molar-refractivity contribution in [1.29, 1.82) is 0 Å². The third-order valence-corrected chi connectivity index (χ3v) is 10.9. The Morgan fingerprint density at radius 3 is 1.45 bits per heavy atom. The minimum Gasteiger partial charge on any atom is -0.256 e. The van der Waals surface area contributed by atoms with Gasteiger partial charge in [-0.2, -0.15) is 0 Å². The third kappa shape index (κ3) is 6.52. The molecule has 6 nitrogen and oxygen atoms in total. The third-order valence-electron chi connectivity index (χ3n) is 10.9. The molecule has 0 amide bonds. The first-order valence-corrected chi connectivity index (χ1v) is 19.9. The summed E-state index contributed by atoms with van der Waals surface area (Å²) in [6.45, 7) is 0. The Hall–Kier alpha value is -8.22. The van der Waals surface area contributed by atoms with Crippen molar-refractivity contribution in [1.82, 2.24) is 29.9 Å². The van der Waals surface area contributed by atoms with Crippen LogP contribution in [-0.2, 0) is 0 Å².